The van der Waals surface area contributed by atoms with E-state index in [-0.39, 0.29) is 6.42 Å². The molecule has 1 saturated heterocycles. The fourth-order valence-electron chi connectivity index (χ4n) is 1.77. The molecule has 1 fully saturated rings. The number of hydrogen-bond acceptors (Lipinski definition) is 7. The van der Waals surface area contributed by atoms with Gasteiger partial charge in [-0.3, -0.25) is 9.59 Å². The van der Waals surface area contributed by atoms with E-state index in [1.807, 2.05) is 0 Å². The molecule has 6 nitrogen and oxygen atoms in total. The number of methoxy groups -OCH3 is 1. The summed E-state index contributed by atoms with van der Waals surface area (Å²) in [5, 5.41) is -0.709. The zero-order chi connectivity index (χ0) is 16.1. The number of benzene rings is 1. The Kier molecular flexibility index (Phi) is 5.49. The molecule has 0 N–H and O–H groups in total. The third kappa shape index (κ3) is 4.04. The van der Waals surface area contributed by atoms with Crippen LogP contribution in [0.2, 0.25) is 0 Å². The highest BCUT2D eigenvalue weighted by molar-refractivity contribution is 8.01. The first kappa shape index (κ1) is 16.4. The molecule has 3 atom stereocenters. The highest BCUT2D eigenvalue weighted by atomic mass is 32.2. The van der Waals surface area contributed by atoms with Crippen molar-refractivity contribution in [1.82, 2.24) is 0 Å². The standard InChI is InChI=1S/C14H13BO6S/c1-19-10(16)7-9-13(18)21-14(22-9)11(15)20-12(17)8-5-3-2-4-6-8/h2-6,9,11,14H,7H2,1H3/t9?,11-,14?/m1/s1. The van der Waals surface area contributed by atoms with Crippen LogP contribution in [0, 0.1) is 0 Å². The van der Waals surface area contributed by atoms with Gasteiger partial charge in [-0.15, -0.1) is 0 Å². The van der Waals surface area contributed by atoms with Gasteiger partial charge in [0.05, 0.1) is 19.1 Å². The van der Waals surface area contributed by atoms with Gasteiger partial charge in [-0.05, 0) is 12.1 Å². The van der Waals surface area contributed by atoms with Crippen molar-refractivity contribution in [3.05, 3.63) is 35.9 Å². The minimum atomic E-state index is -1.12. The van der Waals surface area contributed by atoms with E-state index in [0.29, 0.717) is 5.56 Å². The van der Waals surface area contributed by atoms with E-state index >= 15 is 0 Å². The molecule has 22 heavy (non-hydrogen) atoms. The Morgan fingerprint density at radius 1 is 1.36 bits per heavy atom. The summed E-state index contributed by atoms with van der Waals surface area (Å²) in [5.41, 5.74) is -0.506. The van der Waals surface area contributed by atoms with Gasteiger partial charge in [0.25, 0.3) is 0 Å². The summed E-state index contributed by atoms with van der Waals surface area (Å²) in [7, 11) is 6.98. The first-order valence-corrected chi connectivity index (χ1v) is 7.40. The van der Waals surface area contributed by atoms with Crippen LogP contribution in [-0.4, -0.2) is 49.6 Å². The monoisotopic (exact) mass is 320 g/mol. The van der Waals surface area contributed by atoms with Crippen molar-refractivity contribution >= 4 is 37.5 Å². The summed E-state index contributed by atoms with van der Waals surface area (Å²) in [6, 6.07) is 7.20. The molecule has 2 unspecified atom stereocenters. The lowest BCUT2D eigenvalue weighted by Gasteiger charge is -2.18. The number of esters is 3. The largest absolute Gasteiger partial charge is 0.469 e. The first-order chi connectivity index (χ1) is 10.5. The fraction of sp³-hybridized carbons (Fsp3) is 0.357. The summed E-state index contributed by atoms with van der Waals surface area (Å²) < 4.78 is 14.6. The third-order valence-corrected chi connectivity index (χ3v) is 4.21. The zero-order valence-corrected chi connectivity index (χ0v) is 12.6. The first-order valence-electron chi connectivity index (χ1n) is 6.45. The van der Waals surface area contributed by atoms with Gasteiger partial charge in [-0.2, -0.15) is 0 Å². The smallest absolute Gasteiger partial charge is 0.337 e. The van der Waals surface area contributed by atoms with E-state index in [2.05, 4.69) is 4.74 Å². The Hall–Kier alpha value is -1.96. The summed E-state index contributed by atoms with van der Waals surface area (Å²) in [6.45, 7) is 0. The third-order valence-electron chi connectivity index (χ3n) is 2.89. The molecule has 114 valence electrons. The molecule has 0 bridgehead atoms. The van der Waals surface area contributed by atoms with Gasteiger partial charge in [-0.1, -0.05) is 30.0 Å². The molecule has 8 heteroatoms. The maximum Gasteiger partial charge on any atom is 0.337 e. The van der Waals surface area contributed by atoms with Crippen LogP contribution in [0.1, 0.15) is 16.8 Å². The van der Waals surface area contributed by atoms with E-state index in [1.165, 1.54) is 7.11 Å². The molecule has 1 heterocycles. The van der Waals surface area contributed by atoms with Gasteiger partial charge >= 0.3 is 17.9 Å². The van der Waals surface area contributed by atoms with E-state index in [9.17, 15) is 14.4 Å². The lowest BCUT2D eigenvalue weighted by Crippen LogP contribution is -2.29. The molecule has 0 aromatic heterocycles. The maximum atomic E-state index is 11.9. The normalized spacial score (nSPS) is 21.8. The second kappa shape index (κ2) is 7.35. The highest BCUT2D eigenvalue weighted by Gasteiger charge is 2.40. The molecule has 1 aliphatic heterocycles. The van der Waals surface area contributed by atoms with Gasteiger partial charge in [0.2, 0.25) is 0 Å². The van der Waals surface area contributed by atoms with Crippen LogP contribution in [0.15, 0.2) is 30.3 Å². The van der Waals surface area contributed by atoms with E-state index in [4.69, 9.17) is 17.3 Å². The van der Waals surface area contributed by atoms with Crippen LogP contribution in [0.25, 0.3) is 0 Å². The van der Waals surface area contributed by atoms with Gasteiger partial charge in [0, 0.05) is 0 Å². The van der Waals surface area contributed by atoms with Gasteiger partial charge < -0.3 is 14.2 Å². The lowest BCUT2D eigenvalue weighted by atomic mass is 10.0. The van der Waals surface area contributed by atoms with Crippen LogP contribution >= 0.6 is 11.8 Å². The second-order valence-electron chi connectivity index (χ2n) is 4.45. The summed E-state index contributed by atoms with van der Waals surface area (Å²) in [6.07, 6.45) is -0.115. The van der Waals surface area contributed by atoms with Gasteiger partial charge in [0.1, 0.15) is 19.1 Å². The van der Waals surface area contributed by atoms with Crippen molar-refractivity contribution in [3.8, 4) is 0 Å². The SMILES string of the molecule is [B][C@H](OC(=O)c1ccccc1)C1OC(=O)C(CC(=O)OC)S1. The molecular formula is C14H13BO6S. The number of ether oxygens (including phenoxy) is 3. The number of thioether (sulfide) groups is 1. The molecule has 0 saturated carbocycles. The molecule has 2 radical (unpaired) electrons. The Morgan fingerprint density at radius 2 is 2.05 bits per heavy atom. The minimum absolute atomic E-state index is 0.115. The summed E-state index contributed by atoms with van der Waals surface area (Å²) in [5.74, 6) is -1.71. The van der Waals surface area contributed by atoms with E-state index in [1.54, 1.807) is 30.3 Å². The summed E-state index contributed by atoms with van der Waals surface area (Å²) >= 11 is 1.03. The van der Waals surface area contributed by atoms with Gasteiger partial charge in [0.15, 0.2) is 5.44 Å². The number of carbonyl (C=O) groups is 3. The number of rotatable bonds is 5. The quantitative estimate of drug-likeness (QED) is 0.453. The molecule has 2 rings (SSSR count). The van der Waals surface area contributed by atoms with Crippen molar-refractivity contribution in [1.29, 1.82) is 0 Å². The Bertz CT molecular complexity index is 564. The lowest BCUT2D eigenvalue weighted by molar-refractivity contribution is -0.148. The van der Waals surface area contributed by atoms with Crippen molar-refractivity contribution in [2.24, 2.45) is 0 Å². The zero-order valence-electron chi connectivity index (χ0n) is 11.8. The molecular weight excluding hydrogens is 307 g/mol. The highest BCUT2D eigenvalue weighted by Crippen LogP contribution is 2.33. The number of hydrogen-bond donors (Lipinski definition) is 0. The van der Waals surface area contributed by atoms with Crippen LogP contribution in [0.4, 0.5) is 0 Å². The van der Waals surface area contributed by atoms with E-state index < -0.39 is 34.6 Å². The molecule has 1 aromatic rings. The predicted octanol–water partition coefficient (Wildman–Crippen LogP) is 0.886. The molecule has 1 aliphatic rings. The second-order valence-corrected chi connectivity index (χ2v) is 5.75. The topological polar surface area (TPSA) is 78.9 Å². The Balaban J connectivity index is 1.91. The van der Waals surface area contributed by atoms with Crippen molar-refractivity contribution in [2.75, 3.05) is 7.11 Å². The molecule has 0 spiro atoms. The van der Waals surface area contributed by atoms with Crippen LogP contribution in [0.3, 0.4) is 0 Å². The Morgan fingerprint density at radius 3 is 2.68 bits per heavy atom. The van der Waals surface area contributed by atoms with E-state index in [0.717, 1.165) is 11.8 Å². The van der Waals surface area contributed by atoms with Crippen LogP contribution in [0.5, 0.6) is 0 Å². The van der Waals surface area contributed by atoms with Crippen molar-refractivity contribution in [3.63, 3.8) is 0 Å². The van der Waals surface area contributed by atoms with Gasteiger partial charge in [-0.25, -0.2) is 4.79 Å². The van der Waals surface area contributed by atoms with Crippen LogP contribution < -0.4 is 0 Å². The number of carbonyl (C=O) groups excluding carboxylic acids is 3. The fourth-order valence-corrected chi connectivity index (χ4v) is 2.85. The Labute approximate surface area is 132 Å². The predicted molar refractivity (Wildman–Crippen MR) is 79.3 cm³/mol. The average molecular weight is 320 g/mol. The molecule has 1 aromatic carbocycles. The molecule has 0 amide bonds. The summed E-state index contributed by atoms with van der Waals surface area (Å²) in [4.78, 5) is 34.7. The average Bonchev–Trinajstić information content (AvgIpc) is 2.89. The molecule has 0 aliphatic carbocycles. The maximum absolute atomic E-state index is 11.9. The van der Waals surface area contributed by atoms with Crippen molar-refractivity contribution in [2.45, 2.75) is 23.1 Å². The number of cyclic esters (lactones) is 1. The minimum Gasteiger partial charge on any atom is -0.469 e. The van der Waals surface area contributed by atoms with Crippen molar-refractivity contribution < 1.29 is 28.6 Å². The van der Waals surface area contributed by atoms with Crippen LogP contribution in [-0.2, 0) is 23.8 Å².